The van der Waals surface area contributed by atoms with Crippen LogP contribution in [0.3, 0.4) is 0 Å². The van der Waals surface area contributed by atoms with E-state index in [-0.39, 0.29) is 0 Å². The maximum atomic E-state index is 12.3. The van der Waals surface area contributed by atoms with Crippen molar-refractivity contribution in [3.63, 3.8) is 0 Å². The molecule has 0 radical (unpaired) electrons. The van der Waals surface area contributed by atoms with Crippen LogP contribution in [0.1, 0.15) is 13.8 Å². The van der Waals surface area contributed by atoms with Gasteiger partial charge in [-0.15, -0.1) is 0 Å². The van der Waals surface area contributed by atoms with Crippen LogP contribution in [0.25, 0.3) is 0 Å². The molecule has 0 spiro atoms. The molecule has 0 fully saturated rings. The molecule has 1 rings (SSSR count). The summed E-state index contributed by atoms with van der Waals surface area (Å²) in [5.41, 5.74) is 0. The van der Waals surface area contributed by atoms with Gasteiger partial charge in [0.1, 0.15) is 0 Å². The summed E-state index contributed by atoms with van der Waals surface area (Å²) in [4.78, 5) is 0. The van der Waals surface area contributed by atoms with Gasteiger partial charge in [-0.05, 0) is 25.1 Å². The van der Waals surface area contributed by atoms with E-state index in [0.29, 0.717) is 12.8 Å². The number of hydrogen-bond acceptors (Lipinski definition) is 2. The van der Waals surface area contributed by atoms with Crippen LogP contribution in [-0.2, 0) is 9.09 Å². The molecule has 1 atom stereocenters. The Balaban J connectivity index is 3.06. The van der Waals surface area contributed by atoms with Gasteiger partial charge >= 0.3 is 0 Å². The van der Waals surface area contributed by atoms with Crippen LogP contribution < -0.4 is 5.30 Å². The summed E-state index contributed by atoms with van der Waals surface area (Å²) < 4.78 is 18.6. The van der Waals surface area contributed by atoms with Crippen molar-refractivity contribution in [2.45, 2.75) is 13.8 Å². The van der Waals surface area contributed by atoms with E-state index in [2.05, 4.69) is 15.9 Å². The summed E-state index contributed by atoms with van der Waals surface area (Å²) in [6.45, 7) is 4.23. The van der Waals surface area contributed by atoms with Gasteiger partial charge in [0, 0.05) is 15.9 Å². The molecule has 1 unspecified atom stereocenters. The lowest BCUT2D eigenvalue weighted by molar-refractivity contribution is 0.341. The Kier molecular flexibility index (Phi) is 4.36. The van der Waals surface area contributed by atoms with Crippen LogP contribution in [0.15, 0.2) is 28.7 Å². The Hall–Kier alpha value is -0.110. The van der Waals surface area contributed by atoms with E-state index in [4.69, 9.17) is 4.52 Å². The first kappa shape index (κ1) is 12.0. The van der Waals surface area contributed by atoms with Crippen molar-refractivity contribution >= 4 is 28.6 Å². The summed E-state index contributed by atoms with van der Waals surface area (Å²) in [7, 11) is -2.61. The third-order valence-corrected chi connectivity index (χ3v) is 5.02. The van der Waals surface area contributed by atoms with Crippen LogP contribution >= 0.6 is 23.3 Å². The summed E-state index contributed by atoms with van der Waals surface area (Å²) in [5.74, 6) is 0. The fourth-order valence-electron chi connectivity index (χ4n) is 1.24. The molecular weight excluding hydrogens is 263 g/mol. The summed E-state index contributed by atoms with van der Waals surface area (Å²) >= 11 is 3.36. The average Bonchev–Trinajstić information content (AvgIpc) is 2.18. The molecular formula is C10H14BrO2P. The van der Waals surface area contributed by atoms with E-state index < -0.39 is 7.37 Å². The molecule has 78 valence electrons. The van der Waals surface area contributed by atoms with Gasteiger partial charge in [0.05, 0.1) is 6.61 Å². The second kappa shape index (κ2) is 5.11. The number of hydrogen-bond donors (Lipinski definition) is 0. The van der Waals surface area contributed by atoms with E-state index in [1.54, 1.807) is 0 Å². The van der Waals surface area contributed by atoms with E-state index >= 15 is 0 Å². The first-order chi connectivity index (χ1) is 6.62. The molecule has 1 aromatic rings. The Morgan fingerprint density at radius 3 is 2.64 bits per heavy atom. The van der Waals surface area contributed by atoms with Crippen LogP contribution in [-0.4, -0.2) is 12.8 Å². The molecule has 0 aromatic heterocycles. The zero-order valence-corrected chi connectivity index (χ0v) is 10.8. The fraction of sp³-hybridized carbons (Fsp3) is 0.400. The monoisotopic (exact) mass is 276 g/mol. The zero-order valence-electron chi connectivity index (χ0n) is 8.37. The lowest BCUT2D eigenvalue weighted by atomic mass is 10.4. The molecule has 0 bridgehead atoms. The van der Waals surface area contributed by atoms with E-state index in [1.165, 1.54) is 0 Å². The van der Waals surface area contributed by atoms with Crippen molar-refractivity contribution in [2.75, 3.05) is 12.8 Å². The average molecular weight is 277 g/mol. The molecule has 0 N–H and O–H groups in total. The SMILES string of the molecule is CCOP(=O)(CC)c1cccc(Br)c1. The zero-order chi connectivity index (χ0) is 10.6. The van der Waals surface area contributed by atoms with Gasteiger partial charge in [0.15, 0.2) is 0 Å². The second-order valence-electron chi connectivity index (χ2n) is 2.89. The molecule has 0 amide bonds. The van der Waals surface area contributed by atoms with Crippen molar-refractivity contribution < 1.29 is 9.09 Å². The molecule has 0 aliphatic heterocycles. The molecule has 0 saturated heterocycles. The van der Waals surface area contributed by atoms with Crippen LogP contribution in [0, 0.1) is 0 Å². The minimum atomic E-state index is -2.61. The highest BCUT2D eigenvalue weighted by molar-refractivity contribution is 9.10. The van der Waals surface area contributed by atoms with E-state index in [9.17, 15) is 4.57 Å². The van der Waals surface area contributed by atoms with E-state index in [0.717, 1.165) is 9.78 Å². The van der Waals surface area contributed by atoms with Crippen LogP contribution in [0.2, 0.25) is 0 Å². The highest BCUT2D eigenvalue weighted by atomic mass is 79.9. The predicted molar refractivity (Wildman–Crippen MR) is 63.5 cm³/mol. The second-order valence-corrected chi connectivity index (χ2v) is 6.56. The predicted octanol–water partition coefficient (Wildman–Crippen LogP) is 3.41. The quantitative estimate of drug-likeness (QED) is 0.788. The highest BCUT2D eigenvalue weighted by Crippen LogP contribution is 2.45. The van der Waals surface area contributed by atoms with Crippen LogP contribution in [0.5, 0.6) is 0 Å². The maximum Gasteiger partial charge on any atom is 0.231 e. The molecule has 0 aliphatic carbocycles. The topological polar surface area (TPSA) is 26.3 Å². The summed E-state index contributed by atoms with van der Waals surface area (Å²) in [6.07, 6.45) is 0.539. The number of benzene rings is 1. The van der Waals surface area contributed by atoms with Crippen molar-refractivity contribution in [1.82, 2.24) is 0 Å². The Bertz CT molecular complexity index is 352. The van der Waals surface area contributed by atoms with Gasteiger partial charge in [0.2, 0.25) is 7.37 Å². The molecule has 2 nitrogen and oxygen atoms in total. The van der Waals surface area contributed by atoms with Gasteiger partial charge in [-0.3, -0.25) is 4.57 Å². The normalized spacial score (nSPS) is 15.1. The van der Waals surface area contributed by atoms with Crippen molar-refractivity contribution in [1.29, 1.82) is 0 Å². The largest absolute Gasteiger partial charge is 0.326 e. The van der Waals surface area contributed by atoms with Crippen molar-refractivity contribution in [3.05, 3.63) is 28.7 Å². The minimum absolute atomic E-state index is 0.484. The Morgan fingerprint density at radius 1 is 1.43 bits per heavy atom. The molecule has 14 heavy (non-hydrogen) atoms. The lowest BCUT2D eigenvalue weighted by Crippen LogP contribution is -2.09. The first-order valence-corrected chi connectivity index (χ1v) is 7.22. The minimum Gasteiger partial charge on any atom is -0.326 e. The number of rotatable bonds is 4. The van der Waals surface area contributed by atoms with Gasteiger partial charge in [0.25, 0.3) is 0 Å². The summed E-state index contributed by atoms with van der Waals surface area (Å²) in [6, 6.07) is 7.50. The molecule has 0 saturated carbocycles. The highest BCUT2D eigenvalue weighted by Gasteiger charge is 2.22. The third-order valence-electron chi connectivity index (χ3n) is 1.96. The van der Waals surface area contributed by atoms with Gasteiger partial charge in [-0.1, -0.05) is 28.9 Å². The number of halogens is 1. The van der Waals surface area contributed by atoms with Gasteiger partial charge in [-0.25, -0.2) is 0 Å². The molecule has 1 aromatic carbocycles. The Labute approximate surface area is 93.2 Å². The smallest absolute Gasteiger partial charge is 0.231 e. The lowest BCUT2D eigenvalue weighted by Gasteiger charge is -2.16. The van der Waals surface area contributed by atoms with Gasteiger partial charge < -0.3 is 4.52 Å². The van der Waals surface area contributed by atoms with Crippen LogP contribution in [0.4, 0.5) is 0 Å². The van der Waals surface area contributed by atoms with Gasteiger partial charge in [-0.2, -0.15) is 0 Å². The third kappa shape index (κ3) is 2.69. The van der Waals surface area contributed by atoms with Crippen molar-refractivity contribution in [3.8, 4) is 0 Å². The standard InChI is InChI=1S/C10H14BrO2P/c1-3-13-14(12,4-2)10-7-5-6-9(11)8-10/h5-8H,3-4H2,1-2H3. The molecule has 4 heteroatoms. The molecule has 0 aliphatic rings. The summed E-state index contributed by atoms with van der Waals surface area (Å²) in [5, 5.41) is 0.788. The Morgan fingerprint density at radius 2 is 2.14 bits per heavy atom. The fourth-order valence-corrected chi connectivity index (χ4v) is 3.58. The first-order valence-electron chi connectivity index (χ1n) is 4.62. The maximum absolute atomic E-state index is 12.3. The molecule has 0 heterocycles. The van der Waals surface area contributed by atoms with Crippen molar-refractivity contribution in [2.24, 2.45) is 0 Å². The van der Waals surface area contributed by atoms with E-state index in [1.807, 2.05) is 38.1 Å².